The Balaban J connectivity index is 3.50. The molecule has 0 fully saturated rings. The first kappa shape index (κ1) is 17.9. The van der Waals surface area contributed by atoms with Gasteiger partial charge >= 0.3 is 0 Å². The van der Waals surface area contributed by atoms with Crippen molar-refractivity contribution in [1.82, 2.24) is 5.32 Å². The number of hydrogen-bond donors (Lipinski definition) is 1. The maximum absolute atomic E-state index is 5.51. The zero-order valence-corrected chi connectivity index (χ0v) is 12.8. The Morgan fingerprint density at radius 2 is 1.50 bits per heavy atom. The lowest BCUT2D eigenvalue weighted by Gasteiger charge is -2.20. The normalized spacial score (nSPS) is 13.2. The van der Waals surface area contributed by atoms with Crippen molar-refractivity contribution in [2.24, 2.45) is 0 Å². The fraction of sp³-hybridized carbons (Fsp3) is 1.00. The summed E-state index contributed by atoms with van der Waals surface area (Å²) >= 11 is 0. The second kappa shape index (κ2) is 13.3. The Morgan fingerprint density at radius 3 is 2.06 bits per heavy atom. The molecule has 0 saturated carbocycles. The minimum atomic E-state index is -0.0949. The molecule has 0 aromatic rings. The predicted octanol–water partition coefficient (Wildman–Crippen LogP) is 3.72. The predicted molar refractivity (Wildman–Crippen MR) is 77.9 cm³/mol. The largest absolute Gasteiger partial charge is 0.352 e. The second-order valence-electron chi connectivity index (χ2n) is 4.85. The van der Waals surface area contributed by atoms with E-state index in [1.165, 1.54) is 38.5 Å². The van der Waals surface area contributed by atoms with Gasteiger partial charge in [-0.3, -0.25) is 0 Å². The van der Waals surface area contributed by atoms with Crippen molar-refractivity contribution in [1.29, 1.82) is 0 Å². The molecule has 0 aromatic heterocycles. The van der Waals surface area contributed by atoms with E-state index in [2.05, 4.69) is 19.2 Å². The summed E-state index contributed by atoms with van der Waals surface area (Å²) in [5.74, 6) is 0. The molecule has 0 saturated heterocycles. The molecule has 0 spiro atoms. The van der Waals surface area contributed by atoms with Crippen LogP contribution in [0.1, 0.15) is 66.2 Å². The van der Waals surface area contributed by atoms with Crippen molar-refractivity contribution in [2.75, 3.05) is 19.8 Å². The topological polar surface area (TPSA) is 30.5 Å². The highest BCUT2D eigenvalue weighted by molar-refractivity contribution is 4.62. The molecule has 1 atom stereocenters. The Morgan fingerprint density at radius 1 is 0.889 bits per heavy atom. The molecule has 3 heteroatoms. The van der Waals surface area contributed by atoms with Crippen molar-refractivity contribution in [3.63, 3.8) is 0 Å². The van der Waals surface area contributed by atoms with E-state index in [1.807, 2.05) is 13.8 Å². The molecule has 1 N–H and O–H groups in total. The summed E-state index contributed by atoms with van der Waals surface area (Å²) in [6.45, 7) is 10.7. The lowest BCUT2D eigenvalue weighted by Crippen LogP contribution is -2.36. The van der Waals surface area contributed by atoms with Crippen LogP contribution < -0.4 is 5.32 Å². The fourth-order valence-corrected chi connectivity index (χ4v) is 1.99. The highest BCUT2D eigenvalue weighted by Gasteiger charge is 2.09. The summed E-state index contributed by atoms with van der Waals surface area (Å²) in [5, 5.41) is 3.49. The summed E-state index contributed by atoms with van der Waals surface area (Å²) in [7, 11) is 0. The highest BCUT2D eigenvalue weighted by atomic mass is 16.7. The highest BCUT2D eigenvalue weighted by Crippen LogP contribution is 2.07. The Kier molecular flexibility index (Phi) is 13.2. The van der Waals surface area contributed by atoms with Crippen LogP contribution in [0.3, 0.4) is 0 Å². The molecule has 0 bridgehead atoms. The molecule has 1 unspecified atom stereocenters. The minimum Gasteiger partial charge on any atom is -0.352 e. The molecule has 0 rings (SSSR count). The molecule has 0 amide bonds. The number of rotatable bonds is 13. The van der Waals surface area contributed by atoms with E-state index in [-0.39, 0.29) is 6.29 Å². The number of unbranched alkanes of at least 4 members (excludes halogenated alkanes) is 4. The van der Waals surface area contributed by atoms with E-state index >= 15 is 0 Å². The van der Waals surface area contributed by atoms with Gasteiger partial charge in [-0.15, -0.1) is 0 Å². The van der Waals surface area contributed by atoms with Gasteiger partial charge in [-0.2, -0.15) is 0 Å². The second-order valence-corrected chi connectivity index (χ2v) is 4.85. The summed E-state index contributed by atoms with van der Waals surface area (Å²) in [6.07, 6.45) is 7.90. The van der Waals surface area contributed by atoms with Gasteiger partial charge in [0.25, 0.3) is 0 Å². The van der Waals surface area contributed by atoms with Crippen LogP contribution in [-0.4, -0.2) is 32.1 Å². The lowest BCUT2D eigenvalue weighted by molar-refractivity contribution is -0.133. The lowest BCUT2D eigenvalue weighted by atomic mass is 10.1. The maximum atomic E-state index is 5.51. The van der Waals surface area contributed by atoms with Crippen molar-refractivity contribution in [3.8, 4) is 0 Å². The first-order valence-electron chi connectivity index (χ1n) is 7.71. The molecular formula is C15H33NO2. The molecule has 110 valence electrons. The van der Waals surface area contributed by atoms with Gasteiger partial charge in [0.1, 0.15) is 0 Å². The number of hydrogen-bond acceptors (Lipinski definition) is 3. The summed E-state index contributed by atoms with van der Waals surface area (Å²) in [6, 6.07) is 0.551. The van der Waals surface area contributed by atoms with E-state index in [9.17, 15) is 0 Å². The molecule has 0 aliphatic rings. The van der Waals surface area contributed by atoms with Crippen LogP contribution in [0, 0.1) is 0 Å². The monoisotopic (exact) mass is 259 g/mol. The standard InChI is InChI=1S/C15H33NO2/c1-5-8-9-10-11-12-14(4)16-13-15(17-6-2)18-7-3/h14-16H,5-13H2,1-4H3. The van der Waals surface area contributed by atoms with Crippen LogP contribution in [0.25, 0.3) is 0 Å². The quantitative estimate of drug-likeness (QED) is 0.404. The van der Waals surface area contributed by atoms with E-state index in [0.717, 1.165) is 6.54 Å². The van der Waals surface area contributed by atoms with Gasteiger partial charge in [-0.25, -0.2) is 0 Å². The van der Waals surface area contributed by atoms with Crippen LogP contribution >= 0.6 is 0 Å². The van der Waals surface area contributed by atoms with Crippen molar-refractivity contribution >= 4 is 0 Å². The molecule has 3 nitrogen and oxygen atoms in total. The van der Waals surface area contributed by atoms with Gasteiger partial charge in [0.2, 0.25) is 0 Å². The van der Waals surface area contributed by atoms with Gasteiger partial charge in [0.15, 0.2) is 6.29 Å². The summed E-state index contributed by atoms with van der Waals surface area (Å²) in [5.41, 5.74) is 0. The summed E-state index contributed by atoms with van der Waals surface area (Å²) in [4.78, 5) is 0. The molecule has 18 heavy (non-hydrogen) atoms. The molecule has 0 aromatic carbocycles. The van der Waals surface area contributed by atoms with Gasteiger partial charge in [0.05, 0.1) is 0 Å². The fourth-order valence-electron chi connectivity index (χ4n) is 1.99. The first-order chi connectivity index (χ1) is 8.74. The van der Waals surface area contributed by atoms with Crippen LogP contribution in [0.4, 0.5) is 0 Å². The van der Waals surface area contributed by atoms with E-state index in [4.69, 9.17) is 9.47 Å². The summed E-state index contributed by atoms with van der Waals surface area (Å²) < 4.78 is 11.0. The number of nitrogens with one attached hydrogen (secondary N) is 1. The molecular weight excluding hydrogens is 226 g/mol. The van der Waals surface area contributed by atoms with Crippen molar-refractivity contribution in [3.05, 3.63) is 0 Å². The zero-order valence-electron chi connectivity index (χ0n) is 12.8. The average Bonchev–Trinajstić information content (AvgIpc) is 2.36. The van der Waals surface area contributed by atoms with E-state index < -0.39 is 0 Å². The van der Waals surface area contributed by atoms with E-state index in [0.29, 0.717) is 19.3 Å². The molecule has 0 heterocycles. The SMILES string of the molecule is CCCCCCCC(C)NCC(OCC)OCC. The van der Waals surface area contributed by atoms with Gasteiger partial charge in [-0.05, 0) is 27.2 Å². The molecule has 0 aliphatic heterocycles. The van der Waals surface area contributed by atoms with Crippen LogP contribution in [-0.2, 0) is 9.47 Å². The first-order valence-corrected chi connectivity index (χ1v) is 7.71. The third kappa shape index (κ3) is 11.0. The van der Waals surface area contributed by atoms with Crippen molar-refractivity contribution < 1.29 is 9.47 Å². The van der Waals surface area contributed by atoms with Gasteiger partial charge in [0, 0.05) is 25.8 Å². The smallest absolute Gasteiger partial charge is 0.169 e. The number of ether oxygens (including phenoxy) is 2. The average molecular weight is 259 g/mol. The Hall–Kier alpha value is -0.120. The zero-order chi connectivity index (χ0) is 13.6. The van der Waals surface area contributed by atoms with E-state index in [1.54, 1.807) is 0 Å². The molecule has 0 radical (unpaired) electrons. The third-order valence-electron chi connectivity index (χ3n) is 3.08. The Bertz CT molecular complexity index is 159. The van der Waals surface area contributed by atoms with Crippen LogP contribution in [0.5, 0.6) is 0 Å². The maximum Gasteiger partial charge on any atom is 0.169 e. The van der Waals surface area contributed by atoms with Crippen molar-refractivity contribution in [2.45, 2.75) is 78.6 Å². The third-order valence-corrected chi connectivity index (χ3v) is 3.08. The van der Waals surface area contributed by atoms with Crippen LogP contribution in [0.15, 0.2) is 0 Å². The van der Waals surface area contributed by atoms with Gasteiger partial charge in [-0.1, -0.05) is 39.0 Å². The van der Waals surface area contributed by atoms with Crippen LogP contribution in [0.2, 0.25) is 0 Å². The molecule has 0 aliphatic carbocycles. The minimum absolute atomic E-state index is 0.0949. The Labute approximate surface area is 114 Å². The van der Waals surface area contributed by atoms with Gasteiger partial charge < -0.3 is 14.8 Å².